The molecule has 0 saturated heterocycles. The molecular weight excluding hydrogens is 312 g/mol. The molecule has 0 radical (unpaired) electrons. The van der Waals surface area contributed by atoms with E-state index in [1.807, 2.05) is 38.2 Å². The van der Waals surface area contributed by atoms with Crippen LogP contribution in [0.4, 0.5) is 5.69 Å². The molecule has 0 saturated carbocycles. The van der Waals surface area contributed by atoms with Crippen molar-refractivity contribution in [3.63, 3.8) is 0 Å². The number of aryl methyl sites for hydroxylation is 2. The van der Waals surface area contributed by atoms with Gasteiger partial charge in [0.2, 0.25) is 0 Å². The van der Waals surface area contributed by atoms with Crippen LogP contribution in [-0.2, 0) is 13.1 Å². The number of benzene rings is 1. The summed E-state index contributed by atoms with van der Waals surface area (Å²) < 4.78 is 5.30. The SMILES string of the molecule is Cc1noc(C)c1CN1CCNc2cc(-c3ccccc3)ncc2C1. The smallest absolute Gasteiger partial charge is 0.138 e. The Morgan fingerprint density at radius 2 is 2.04 bits per heavy atom. The van der Waals surface area contributed by atoms with Gasteiger partial charge in [0.25, 0.3) is 0 Å². The minimum absolute atomic E-state index is 0.850. The van der Waals surface area contributed by atoms with Gasteiger partial charge in [0.05, 0.1) is 11.4 Å². The van der Waals surface area contributed by atoms with Crippen LogP contribution in [0.2, 0.25) is 0 Å². The van der Waals surface area contributed by atoms with Gasteiger partial charge < -0.3 is 9.84 Å². The molecule has 1 aliphatic rings. The van der Waals surface area contributed by atoms with E-state index in [2.05, 4.69) is 38.6 Å². The van der Waals surface area contributed by atoms with Gasteiger partial charge in [-0.05, 0) is 19.9 Å². The molecule has 0 spiro atoms. The second-order valence-electron chi connectivity index (χ2n) is 6.53. The zero-order valence-electron chi connectivity index (χ0n) is 14.6. The molecule has 3 heterocycles. The molecule has 0 fully saturated rings. The summed E-state index contributed by atoms with van der Waals surface area (Å²) in [4.78, 5) is 7.08. The molecule has 4 rings (SSSR count). The lowest BCUT2D eigenvalue weighted by molar-refractivity contribution is 0.269. The normalized spacial score (nSPS) is 14.6. The largest absolute Gasteiger partial charge is 0.383 e. The fourth-order valence-electron chi connectivity index (χ4n) is 3.30. The van der Waals surface area contributed by atoms with Crippen LogP contribution >= 0.6 is 0 Å². The predicted molar refractivity (Wildman–Crippen MR) is 98.3 cm³/mol. The number of fused-ring (bicyclic) bond motifs is 1. The zero-order chi connectivity index (χ0) is 17.2. The van der Waals surface area contributed by atoms with E-state index in [1.54, 1.807) is 0 Å². The molecule has 0 bridgehead atoms. The summed E-state index contributed by atoms with van der Waals surface area (Å²) in [6.07, 6.45) is 2.00. The second kappa shape index (κ2) is 6.69. The van der Waals surface area contributed by atoms with Gasteiger partial charge in [0.1, 0.15) is 5.76 Å². The zero-order valence-corrected chi connectivity index (χ0v) is 14.6. The Labute approximate surface area is 147 Å². The van der Waals surface area contributed by atoms with E-state index in [0.29, 0.717) is 0 Å². The van der Waals surface area contributed by atoms with Crippen molar-refractivity contribution >= 4 is 5.69 Å². The van der Waals surface area contributed by atoms with E-state index in [9.17, 15) is 0 Å². The molecule has 1 aliphatic heterocycles. The van der Waals surface area contributed by atoms with E-state index >= 15 is 0 Å². The van der Waals surface area contributed by atoms with Crippen molar-refractivity contribution in [3.05, 3.63) is 65.2 Å². The number of nitrogens with one attached hydrogen (secondary N) is 1. The van der Waals surface area contributed by atoms with Crippen molar-refractivity contribution in [3.8, 4) is 11.3 Å². The topological polar surface area (TPSA) is 54.2 Å². The molecule has 1 N–H and O–H groups in total. The van der Waals surface area contributed by atoms with Crippen molar-refractivity contribution < 1.29 is 4.52 Å². The third kappa shape index (κ3) is 3.28. The van der Waals surface area contributed by atoms with Gasteiger partial charge in [-0.1, -0.05) is 35.5 Å². The first-order chi connectivity index (χ1) is 12.2. The van der Waals surface area contributed by atoms with Crippen LogP contribution in [0, 0.1) is 13.8 Å². The van der Waals surface area contributed by atoms with Gasteiger partial charge >= 0.3 is 0 Å². The minimum atomic E-state index is 0.850. The lowest BCUT2D eigenvalue weighted by Gasteiger charge is -2.19. The molecule has 0 atom stereocenters. The summed E-state index contributed by atoms with van der Waals surface area (Å²) in [6, 6.07) is 12.5. The van der Waals surface area contributed by atoms with Crippen molar-refractivity contribution in [1.29, 1.82) is 0 Å². The van der Waals surface area contributed by atoms with Gasteiger partial charge in [0.15, 0.2) is 0 Å². The van der Waals surface area contributed by atoms with Crippen LogP contribution in [0.1, 0.15) is 22.6 Å². The summed E-state index contributed by atoms with van der Waals surface area (Å²) in [6.45, 7) is 7.59. The Morgan fingerprint density at radius 3 is 2.80 bits per heavy atom. The second-order valence-corrected chi connectivity index (χ2v) is 6.53. The molecule has 0 aliphatic carbocycles. The quantitative estimate of drug-likeness (QED) is 0.790. The van der Waals surface area contributed by atoms with Crippen molar-refractivity contribution in [2.24, 2.45) is 0 Å². The van der Waals surface area contributed by atoms with Crippen LogP contribution in [0.25, 0.3) is 11.3 Å². The van der Waals surface area contributed by atoms with Crippen LogP contribution < -0.4 is 5.32 Å². The van der Waals surface area contributed by atoms with Crippen molar-refractivity contribution in [2.45, 2.75) is 26.9 Å². The van der Waals surface area contributed by atoms with Crippen molar-refractivity contribution in [2.75, 3.05) is 18.4 Å². The Morgan fingerprint density at radius 1 is 1.20 bits per heavy atom. The van der Waals surface area contributed by atoms with Crippen LogP contribution in [-0.4, -0.2) is 28.1 Å². The van der Waals surface area contributed by atoms with Crippen LogP contribution in [0.15, 0.2) is 47.1 Å². The first-order valence-corrected chi connectivity index (χ1v) is 8.63. The Hall–Kier alpha value is -2.66. The average Bonchev–Trinajstić information content (AvgIpc) is 2.84. The van der Waals surface area contributed by atoms with Crippen molar-refractivity contribution in [1.82, 2.24) is 15.0 Å². The standard InChI is InChI=1S/C20H22N4O/c1-14-18(15(2)25-23-14)13-24-9-8-21-20-10-19(22-11-17(20)12-24)16-6-4-3-5-7-16/h3-7,10-11,21H,8-9,12-13H2,1-2H3. The third-order valence-electron chi connectivity index (χ3n) is 4.76. The Bertz CT molecular complexity index is 853. The van der Waals surface area contributed by atoms with Gasteiger partial charge in [0, 0.05) is 54.8 Å². The Kier molecular flexibility index (Phi) is 4.24. The molecule has 5 heteroatoms. The molecule has 2 aromatic heterocycles. The highest BCUT2D eigenvalue weighted by molar-refractivity contribution is 5.66. The van der Waals surface area contributed by atoms with E-state index < -0.39 is 0 Å². The fourth-order valence-corrected chi connectivity index (χ4v) is 3.30. The number of hydrogen-bond acceptors (Lipinski definition) is 5. The van der Waals surface area contributed by atoms with Crippen LogP contribution in [0.3, 0.4) is 0 Å². The Balaban J connectivity index is 1.57. The highest BCUT2D eigenvalue weighted by atomic mass is 16.5. The summed E-state index contributed by atoms with van der Waals surface area (Å²) >= 11 is 0. The van der Waals surface area contributed by atoms with E-state index in [0.717, 1.165) is 48.9 Å². The summed E-state index contributed by atoms with van der Waals surface area (Å²) in [5, 5.41) is 7.62. The van der Waals surface area contributed by atoms with Gasteiger partial charge in [-0.25, -0.2) is 0 Å². The van der Waals surface area contributed by atoms with E-state index in [4.69, 9.17) is 4.52 Å². The highest BCUT2D eigenvalue weighted by Gasteiger charge is 2.18. The molecule has 128 valence electrons. The maximum Gasteiger partial charge on any atom is 0.138 e. The molecule has 5 nitrogen and oxygen atoms in total. The first kappa shape index (κ1) is 15.8. The van der Waals surface area contributed by atoms with E-state index in [-0.39, 0.29) is 0 Å². The lowest BCUT2D eigenvalue weighted by atomic mass is 10.1. The maximum atomic E-state index is 5.30. The number of aromatic nitrogens is 2. The molecule has 0 amide bonds. The first-order valence-electron chi connectivity index (χ1n) is 8.63. The predicted octanol–water partition coefficient (Wildman–Crippen LogP) is 3.78. The molecule has 0 unspecified atom stereocenters. The minimum Gasteiger partial charge on any atom is -0.383 e. The fraction of sp³-hybridized carbons (Fsp3) is 0.300. The monoisotopic (exact) mass is 334 g/mol. The van der Waals surface area contributed by atoms with Crippen LogP contribution in [0.5, 0.6) is 0 Å². The summed E-state index contributed by atoms with van der Waals surface area (Å²) in [5.41, 5.74) is 6.72. The van der Waals surface area contributed by atoms with Gasteiger partial charge in [-0.3, -0.25) is 9.88 Å². The summed E-state index contributed by atoms with van der Waals surface area (Å²) in [7, 11) is 0. The third-order valence-corrected chi connectivity index (χ3v) is 4.76. The molecular formula is C20H22N4O. The molecule has 3 aromatic rings. The number of rotatable bonds is 3. The number of nitrogens with zero attached hydrogens (tertiary/aromatic N) is 3. The van der Waals surface area contributed by atoms with Gasteiger partial charge in [-0.2, -0.15) is 0 Å². The number of hydrogen-bond donors (Lipinski definition) is 1. The summed E-state index contributed by atoms with van der Waals surface area (Å²) in [5.74, 6) is 0.910. The highest BCUT2D eigenvalue weighted by Crippen LogP contribution is 2.26. The van der Waals surface area contributed by atoms with Gasteiger partial charge in [-0.15, -0.1) is 0 Å². The van der Waals surface area contributed by atoms with E-state index in [1.165, 1.54) is 16.8 Å². The molecule has 25 heavy (non-hydrogen) atoms. The number of anilines is 1. The number of pyridine rings is 1. The lowest BCUT2D eigenvalue weighted by Crippen LogP contribution is -2.26. The maximum absolute atomic E-state index is 5.30. The molecule has 1 aromatic carbocycles. The average molecular weight is 334 g/mol.